The van der Waals surface area contributed by atoms with Crippen molar-refractivity contribution in [2.45, 2.75) is 72.1 Å². The van der Waals surface area contributed by atoms with Crippen LogP contribution in [0.4, 0.5) is 0 Å². The summed E-state index contributed by atoms with van der Waals surface area (Å²) in [6.07, 6.45) is 8.55. The molecule has 0 spiro atoms. The molecule has 0 amide bonds. The molecule has 4 heteroatoms. The molecule has 21 heavy (non-hydrogen) atoms. The lowest BCUT2D eigenvalue weighted by Crippen LogP contribution is -2.45. The number of aromatic nitrogens is 2. The van der Waals surface area contributed by atoms with E-state index in [2.05, 4.69) is 39.0 Å². The van der Waals surface area contributed by atoms with Crippen molar-refractivity contribution >= 4 is 0 Å². The van der Waals surface area contributed by atoms with E-state index in [0.29, 0.717) is 18.6 Å². The van der Waals surface area contributed by atoms with Gasteiger partial charge in [0.25, 0.3) is 0 Å². The standard InChI is InChI=1S/C17H31N3O/c1-5-20-11-14(10-19-20)12-21-17(13-18)8-6-15(7-9-17)16(2,3)4/h10-11,15H,5-9,12-13,18H2,1-4H3. The molecule has 1 aromatic rings. The summed E-state index contributed by atoms with van der Waals surface area (Å²) in [5.41, 5.74) is 7.45. The quantitative estimate of drug-likeness (QED) is 0.905. The number of ether oxygens (including phenoxy) is 1. The van der Waals surface area contributed by atoms with Crippen LogP contribution in [0.5, 0.6) is 0 Å². The highest BCUT2D eigenvalue weighted by Gasteiger charge is 2.38. The molecule has 2 N–H and O–H groups in total. The Balaban J connectivity index is 1.91. The van der Waals surface area contributed by atoms with Crippen molar-refractivity contribution in [1.29, 1.82) is 0 Å². The molecule has 1 fully saturated rings. The average molecular weight is 293 g/mol. The molecule has 4 nitrogen and oxygen atoms in total. The molecule has 0 atom stereocenters. The van der Waals surface area contributed by atoms with E-state index in [1.165, 1.54) is 12.8 Å². The van der Waals surface area contributed by atoms with Crippen LogP contribution in [0, 0.1) is 11.3 Å². The molecule has 0 unspecified atom stereocenters. The van der Waals surface area contributed by atoms with Crippen molar-refractivity contribution in [3.05, 3.63) is 18.0 Å². The predicted octanol–water partition coefficient (Wildman–Crippen LogP) is 3.35. The minimum atomic E-state index is -0.129. The van der Waals surface area contributed by atoms with Gasteiger partial charge < -0.3 is 10.5 Å². The molecule has 0 aliphatic heterocycles. The lowest BCUT2D eigenvalue weighted by molar-refractivity contribution is -0.0888. The van der Waals surface area contributed by atoms with Gasteiger partial charge in [0.05, 0.1) is 18.4 Å². The molecule has 1 aromatic heterocycles. The van der Waals surface area contributed by atoms with Gasteiger partial charge in [0.15, 0.2) is 0 Å². The molecule has 1 aliphatic rings. The summed E-state index contributed by atoms with van der Waals surface area (Å²) in [5.74, 6) is 0.781. The third-order valence-corrected chi connectivity index (χ3v) is 5.05. The van der Waals surface area contributed by atoms with Crippen LogP contribution < -0.4 is 5.73 Å². The predicted molar refractivity (Wildman–Crippen MR) is 85.9 cm³/mol. The second-order valence-electron chi connectivity index (χ2n) is 7.52. The minimum Gasteiger partial charge on any atom is -0.369 e. The fourth-order valence-electron chi connectivity index (χ4n) is 3.31. The first-order valence-electron chi connectivity index (χ1n) is 8.24. The largest absolute Gasteiger partial charge is 0.369 e. The Morgan fingerprint density at radius 1 is 1.38 bits per heavy atom. The number of rotatable bonds is 5. The van der Waals surface area contributed by atoms with Gasteiger partial charge in [0.1, 0.15) is 0 Å². The molecule has 1 aliphatic carbocycles. The molecule has 2 rings (SSSR count). The number of hydrogen-bond donors (Lipinski definition) is 1. The maximum absolute atomic E-state index is 6.25. The first-order valence-corrected chi connectivity index (χ1v) is 8.24. The summed E-state index contributed by atoms with van der Waals surface area (Å²) >= 11 is 0. The van der Waals surface area contributed by atoms with Crippen molar-refractivity contribution in [1.82, 2.24) is 9.78 Å². The van der Waals surface area contributed by atoms with E-state index < -0.39 is 0 Å². The van der Waals surface area contributed by atoms with Crippen molar-refractivity contribution in [2.75, 3.05) is 6.54 Å². The van der Waals surface area contributed by atoms with Gasteiger partial charge in [-0.25, -0.2) is 0 Å². The number of nitrogens with zero attached hydrogens (tertiary/aromatic N) is 2. The van der Waals surface area contributed by atoms with Gasteiger partial charge in [0, 0.05) is 24.8 Å². The average Bonchev–Trinajstić information content (AvgIpc) is 2.93. The Kier molecular flexibility index (Phi) is 5.10. The normalized spacial score (nSPS) is 27.0. The van der Waals surface area contributed by atoms with Crippen LogP contribution in [0.3, 0.4) is 0 Å². The molecule has 120 valence electrons. The number of nitrogens with two attached hydrogens (primary N) is 1. The van der Waals surface area contributed by atoms with Gasteiger partial charge >= 0.3 is 0 Å². The van der Waals surface area contributed by atoms with E-state index >= 15 is 0 Å². The Bertz CT molecular complexity index is 439. The first-order chi connectivity index (χ1) is 9.88. The van der Waals surface area contributed by atoms with Crippen LogP contribution in [0.15, 0.2) is 12.4 Å². The van der Waals surface area contributed by atoms with Crippen molar-refractivity contribution in [3.63, 3.8) is 0 Å². The van der Waals surface area contributed by atoms with Gasteiger partial charge in [0.2, 0.25) is 0 Å². The maximum atomic E-state index is 6.25. The van der Waals surface area contributed by atoms with Crippen LogP contribution in [-0.4, -0.2) is 21.9 Å². The van der Waals surface area contributed by atoms with Crippen LogP contribution in [0.2, 0.25) is 0 Å². The highest BCUT2D eigenvalue weighted by atomic mass is 16.5. The van der Waals surface area contributed by atoms with Crippen LogP contribution in [-0.2, 0) is 17.9 Å². The van der Waals surface area contributed by atoms with Crippen molar-refractivity contribution in [2.24, 2.45) is 17.1 Å². The molecular weight excluding hydrogens is 262 g/mol. The van der Waals surface area contributed by atoms with Crippen LogP contribution in [0.1, 0.15) is 58.9 Å². The number of hydrogen-bond acceptors (Lipinski definition) is 3. The second-order valence-corrected chi connectivity index (χ2v) is 7.52. The molecule has 1 saturated carbocycles. The van der Waals surface area contributed by atoms with E-state index in [1.807, 2.05) is 10.9 Å². The Hall–Kier alpha value is -0.870. The summed E-state index contributed by atoms with van der Waals surface area (Å²) in [6.45, 7) is 11.2. The summed E-state index contributed by atoms with van der Waals surface area (Å²) in [4.78, 5) is 0. The zero-order chi connectivity index (χ0) is 15.5. The fourth-order valence-corrected chi connectivity index (χ4v) is 3.31. The lowest BCUT2D eigenvalue weighted by atomic mass is 9.68. The maximum Gasteiger partial charge on any atom is 0.0808 e. The highest BCUT2D eigenvalue weighted by molar-refractivity contribution is 5.03. The Labute approximate surface area is 129 Å². The molecule has 0 radical (unpaired) electrons. The lowest BCUT2D eigenvalue weighted by Gasteiger charge is -2.43. The minimum absolute atomic E-state index is 0.129. The summed E-state index contributed by atoms with van der Waals surface area (Å²) in [6, 6.07) is 0. The summed E-state index contributed by atoms with van der Waals surface area (Å²) < 4.78 is 8.18. The molecule has 0 saturated heterocycles. The van der Waals surface area contributed by atoms with Gasteiger partial charge in [-0.2, -0.15) is 5.10 Å². The van der Waals surface area contributed by atoms with Crippen molar-refractivity contribution < 1.29 is 4.74 Å². The third-order valence-electron chi connectivity index (χ3n) is 5.05. The van der Waals surface area contributed by atoms with E-state index in [4.69, 9.17) is 10.5 Å². The monoisotopic (exact) mass is 293 g/mol. The van der Waals surface area contributed by atoms with Crippen molar-refractivity contribution in [3.8, 4) is 0 Å². The van der Waals surface area contributed by atoms with Gasteiger partial charge in [-0.15, -0.1) is 0 Å². The van der Waals surface area contributed by atoms with E-state index in [0.717, 1.165) is 30.9 Å². The zero-order valence-electron chi connectivity index (χ0n) is 14.1. The SMILES string of the molecule is CCn1cc(COC2(CN)CCC(C(C)(C)C)CC2)cn1. The van der Waals surface area contributed by atoms with E-state index in [9.17, 15) is 0 Å². The molecule has 0 aromatic carbocycles. The van der Waals surface area contributed by atoms with Gasteiger partial charge in [-0.3, -0.25) is 4.68 Å². The zero-order valence-corrected chi connectivity index (χ0v) is 14.1. The smallest absolute Gasteiger partial charge is 0.0808 e. The van der Waals surface area contributed by atoms with Crippen LogP contribution >= 0.6 is 0 Å². The molecule has 1 heterocycles. The fraction of sp³-hybridized carbons (Fsp3) is 0.824. The van der Waals surface area contributed by atoms with Gasteiger partial charge in [-0.05, 0) is 43.9 Å². The third kappa shape index (κ3) is 4.07. The highest BCUT2D eigenvalue weighted by Crippen LogP contribution is 2.42. The first kappa shape index (κ1) is 16.5. The topological polar surface area (TPSA) is 53.1 Å². The Morgan fingerprint density at radius 2 is 2.05 bits per heavy atom. The van der Waals surface area contributed by atoms with E-state index in [-0.39, 0.29) is 5.60 Å². The summed E-state index contributed by atoms with van der Waals surface area (Å²) in [5, 5.41) is 4.30. The Morgan fingerprint density at radius 3 is 2.52 bits per heavy atom. The van der Waals surface area contributed by atoms with Crippen LogP contribution in [0.25, 0.3) is 0 Å². The molecule has 0 bridgehead atoms. The molecular formula is C17H31N3O. The van der Waals surface area contributed by atoms with Gasteiger partial charge in [-0.1, -0.05) is 20.8 Å². The summed E-state index contributed by atoms with van der Waals surface area (Å²) in [7, 11) is 0. The van der Waals surface area contributed by atoms with E-state index in [1.54, 1.807) is 0 Å². The number of aryl methyl sites for hydroxylation is 1. The second kappa shape index (κ2) is 6.49.